The second kappa shape index (κ2) is 3.79. The van der Waals surface area contributed by atoms with Gasteiger partial charge in [0.2, 0.25) is 0 Å². The van der Waals surface area contributed by atoms with Crippen molar-refractivity contribution in [3.8, 4) is 0 Å². The first kappa shape index (κ1) is 10.7. The predicted molar refractivity (Wildman–Crippen MR) is 48.3 cm³/mol. The fourth-order valence-electron chi connectivity index (χ4n) is 0.927. The van der Waals surface area contributed by atoms with Crippen molar-refractivity contribution < 1.29 is 19.1 Å². The number of hydrogen-bond donors (Lipinski definition) is 1. The SMILES string of the molecule is COC(C)(C)Cc1nc(C(=O)O)co1. The molecule has 5 nitrogen and oxygen atoms in total. The van der Waals surface area contributed by atoms with Gasteiger partial charge in [-0.1, -0.05) is 0 Å². The van der Waals surface area contributed by atoms with Gasteiger partial charge in [-0.2, -0.15) is 0 Å². The zero-order valence-electron chi connectivity index (χ0n) is 8.40. The highest BCUT2D eigenvalue weighted by molar-refractivity contribution is 5.84. The summed E-state index contributed by atoms with van der Waals surface area (Å²) in [5.41, 5.74) is -0.479. The van der Waals surface area contributed by atoms with Crippen LogP contribution in [0.3, 0.4) is 0 Å². The van der Waals surface area contributed by atoms with Gasteiger partial charge < -0.3 is 14.3 Å². The van der Waals surface area contributed by atoms with E-state index in [2.05, 4.69) is 4.98 Å². The van der Waals surface area contributed by atoms with Crippen molar-refractivity contribution in [1.82, 2.24) is 4.98 Å². The molecule has 0 unspecified atom stereocenters. The maximum absolute atomic E-state index is 10.5. The highest BCUT2D eigenvalue weighted by Crippen LogP contribution is 2.15. The molecule has 0 aliphatic heterocycles. The number of aromatic carboxylic acids is 1. The molecule has 1 aromatic rings. The second-order valence-corrected chi connectivity index (χ2v) is 3.57. The van der Waals surface area contributed by atoms with Crippen molar-refractivity contribution in [3.63, 3.8) is 0 Å². The zero-order chi connectivity index (χ0) is 10.8. The third kappa shape index (κ3) is 2.56. The lowest BCUT2D eigenvalue weighted by Crippen LogP contribution is -2.25. The Balaban J connectivity index is 2.73. The van der Waals surface area contributed by atoms with E-state index in [-0.39, 0.29) is 5.69 Å². The van der Waals surface area contributed by atoms with Crippen LogP contribution < -0.4 is 0 Å². The van der Waals surface area contributed by atoms with Crippen LogP contribution in [0, 0.1) is 0 Å². The molecule has 0 fully saturated rings. The molecule has 0 aromatic carbocycles. The molecule has 0 aliphatic carbocycles. The van der Waals surface area contributed by atoms with E-state index in [4.69, 9.17) is 14.3 Å². The molecule has 78 valence electrons. The van der Waals surface area contributed by atoms with Crippen LogP contribution in [0.4, 0.5) is 0 Å². The summed E-state index contributed by atoms with van der Waals surface area (Å²) in [6.07, 6.45) is 1.57. The van der Waals surface area contributed by atoms with Crippen LogP contribution in [0.25, 0.3) is 0 Å². The van der Waals surface area contributed by atoms with Gasteiger partial charge in [0.15, 0.2) is 11.6 Å². The number of rotatable bonds is 4. The van der Waals surface area contributed by atoms with Gasteiger partial charge in [0.05, 0.1) is 12.0 Å². The molecule has 1 rings (SSSR count). The number of methoxy groups -OCH3 is 1. The van der Waals surface area contributed by atoms with Gasteiger partial charge in [0.25, 0.3) is 0 Å². The number of ether oxygens (including phenoxy) is 1. The third-order valence-electron chi connectivity index (χ3n) is 1.90. The van der Waals surface area contributed by atoms with E-state index in [9.17, 15) is 4.79 Å². The van der Waals surface area contributed by atoms with Crippen LogP contribution in [0.15, 0.2) is 10.7 Å². The summed E-state index contributed by atoms with van der Waals surface area (Å²) < 4.78 is 10.2. The first-order valence-electron chi connectivity index (χ1n) is 4.17. The molecule has 0 saturated heterocycles. The number of carboxylic acid groups (broad SMARTS) is 1. The molecule has 5 heteroatoms. The fourth-order valence-corrected chi connectivity index (χ4v) is 0.927. The number of aromatic nitrogens is 1. The molecule has 1 N–H and O–H groups in total. The Bertz CT molecular complexity index is 329. The first-order chi connectivity index (χ1) is 6.44. The van der Waals surface area contributed by atoms with E-state index in [0.29, 0.717) is 12.3 Å². The molecule has 0 bridgehead atoms. The van der Waals surface area contributed by atoms with Gasteiger partial charge in [-0.15, -0.1) is 0 Å². The highest BCUT2D eigenvalue weighted by atomic mass is 16.5. The second-order valence-electron chi connectivity index (χ2n) is 3.57. The Morgan fingerprint density at radius 1 is 1.71 bits per heavy atom. The number of nitrogens with zero attached hydrogens (tertiary/aromatic N) is 1. The largest absolute Gasteiger partial charge is 0.476 e. The number of carbonyl (C=O) groups is 1. The summed E-state index contributed by atoms with van der Waals surface area (Å²) in [5.74, 6) is -0.718. The normalized spacial score (nSPS) is 11.6. The van der Waals surface area contributed by atoms with Crippen LogP contribution in [0.1, 0.15) is 30.2 Å². The summed E-state index contributed by atoms with van der Waals surface area (Å²) in [7, 11) is 1.58. The molecule has 0 atom stereocenters. The summed E-state index contributed by atoms with van der Waals surface area (Å²) >= 11 is 0. The minimum atomic E-state index is -1.09. The van der Waals surface area contributed by atoms with E-state index in [1.165, 1.54) is 0 Å². The average molecular weight is 199 g/mol. The van der Waals surface area contributed by atoms with Crippen molar-refractivity contribution in [3.05, 3.63) is 17.8 Å². The quantitative estimate of drug-likeness (QED) is 0.792. The van der Waals surface area contributed by atoms with Gasteiger partial charge in [0, 0.05) is 7.11 Å². The van der Waals surface area contributed by atoms with Gasteiger partial charge >= 0.3 is 5.97 Å². The highest BCUT2D eigenvalue weighted by Gasteiger charge is 2.21. The van der Waals surface area contributed by atoms with Crippen LogP contribution in [-0.2, 0) is 11.2 Å². The lowest BCUT2D eigenvalue weighted by atomic mass is 10.1. The minimum Gasteiger partial charge on any atom is -0.476 e. The molecule has 0 radical (unpaired) electrons. The van der Waals surface area contributed by atoms with Gasteiger partial charge in [-0.3, -0.25) is 0 Å². The Kier molecular flexibility index (Phi) is 2.90. The summed E-state index contributed by atoms with van der Waals surface area (Å²) in [4.78, 5) is 14.3. The molecule has 0 amide bonds. The van der Waals surface area contributed by atoms with Gasteiger partial charge in [0.1, 0.15) is 6.26 Å². The summed E-state index contributed by atoms with van der Waals surface area (Å²) in [6, 6.07) is 0. The van der Waals surface area contributed by atoms with Gasteiger partial charge in [-0.05, 0) is 13.8 Å². The van der Waals surface area contributed by atoms with Crippen LogP contribution in [-0.4, -0.2) is 28.8 Å². The monoisotopic (exact) mass is 199 g/mol. The number of oxazole rings is 1. The Labute approximate surface area is 81.7 Å². The molecule has 0 saturated carbocycles. The van der Waals surface area contributed by atoms with Crippen molar-refractivity contribution in [2.75, 3.05) is 7.11 Å². The predicted octanol–water partition coefficient (Wildman–Crippen LogP) is 1.34. The van der Waals surface area contributed by atoms with E-state index in [1.54, 1.807) is 7.11 Å². The van der Waals surface area contributed by atoms with E-state index >= 15 is 0 Å². The molecule has 1 aromatic heterocycles. The van der Waals surface area contributed by atoms with Gasteiger partial charge in [-0.25, -0.2) is 9.78 Å². The van der Waals surface area contributed by atoms with E-state index < -0.39 is 11.6 Å². The van der Waals surface area contributed by atoms with E-state index in [0.717, 1.165) is 6.26 Å². The van der Waals surface area contributed by atoms with Crippen molar-refractivity contribution in [1.29, 1.82) is 0 Å². The smallest absolute Gasteiger partial charge is 0.357 e. The van der Waals surface area contributed by atoms with Crippen molar-refractivity contribution >= 4 is 5.97 Å². The standard InChI is InChI=1S/C9H13NO4/c1-9(2,13-3)4-7-10-6(5-14-7)8(11)12/h5H,4H2,1-3H3,(H,11,12). The minimum absolute atomic E-state index is 0.0769. The fraction of sp³-hybridized carbons (Fsp3) is 0.556. The van der Waals surface area contributed by atoms with Crippen LogP contribution in [0.2, 0.25) is 0 Å². The zero-order valence-corrected chi connectivity index (χ0v) is 8.40. The van der Waals surface area contributed by atoms with Crippen molar-refractivity contribution in [2.24, 2.45) is 0 Å². The third-order valence-corrected chi connectivity index (χ3v) is 1.90. The number of hydrogen-bond acceptors (Lipinski definition) is 4. The molecule has 0 spiro atoms. The van der Waals surface area contributed by atoms with Crippen LogP contribution >= 0.6 is 0 Å². The van der Waals surface area contributed by atoms with Crippen molar-refractivity contribution in [2.45, 2.75) is 25.9 Å². The molecular formula is C9H13NO4. The Morgan fingerprint density at radius 3 is 2.79 bits per heavy atom. The number of carboxylic acids is 1. The van der Waals surface area contributed by atoms with Crippen LogP contribution in [0.5, 0.6) is 0 Å². The molecular weight excluding hydrogens is 186 g/mol. The Morgan fingerprint density at radius 2 is 2.36 bits per heavy atom. The summed E-state index contributed by atoms with van der Waals surface area (Å²) in [6.45, 7) is 3.75. The maximum Gasteiger partial charge on any atom is 0.357 e. The lowest BCUT2D eigenvalue weighted by molar-refractivity contribution is 0.0181. The molecule has 0 aliphatic rings. The molecule has 14 heavy (non-hydrogen) atoms. The molecule has 1 heterocycles. The maximum atomic E-state index is 10.5. The summed E-state index contributed by atoms with van der Waals surface area (Å²) in [5, 5.41) is 8.60. The lowest BCUT2D eigenvalue weighted by Gasteiger charge is -2.20. The topological polar surface area (TPSA) is 72.6 Å². The Hall–Kier alpha value is -1.36. The van der Waals surface area contributed by atoms with E-state index in [1.807, 2.05) is 13.8 Å². The average Bonchev–Trinajstić information content (AvgIpc) is 2.52. The first-order valence-corrected chi connectivity index (χ1v) is 4.17.